The van der Waals surface area contributed by atoms with E-state index in [0.717, 1.165) is 28.2 Å². The van der Waals surface area contributed by atoms with Crippen LogP contribution in [0.1, 0.15) is 33.3 Å². The summed E-state index contributed by atoms with van der Waals surface area (Å²) in [5.74, 6) is -0.628. The molecule has 0 saturated carbocycles. The monoisotopic (exact) mass is 450 g/mol. The van der Waals surface area contributed by atoms with Crippen LogP contribution in [0.2, 0.25) is 5.02 Å². The molecule has 0 atom stereocenters. The van der Waals surface area contributed by atoms with Gasteiger partial charge in [-0.15, -0.1) is 0 Å². The predicted octanol–water partition coefficient (Wildman–Crippen LogP) is 4.56. The van der Waals surface area contributed by atoms with Gasteiger partial charge in [0.15, 0.2) is 0 Å². The van der Waals surface area contributed by atoms with E-state index in [2.05, 4.69) is 37.6 Å². The number of anilines is 1. The van der Waals surface area contributed by atoms with Gasteiger partial charge in [0.2, 0.25) is 0 Å². The second-order valence-electron chi connectivity index (χ2n) is 8.91. The Hall–Kier alpha value is -3.12. The van der Waals surface area contributed by atoms with Gasteiger partial charge in [0.25, 0.3) is 11.8 Å². The Morgan fingerprint density at radius 2 is 1.66 bits per heavy atom. The number of fused-ring (bicyclic) bond motifs is 1. The maximum absolute atomic E-state index is 12.5. The molecule has 1 saturated heterocycles. The first-order valence-electron chi connectivity index (χ1n) is 10.6. The zero-order chi connectivity index (χ0) is 23.4. The molecule has 0 aliphatic carbocycles. The highest BCUT2D eigenvalue weighted by atomic mass is 35.5. The molecule has 3 heterocycles. The number of pyridine rings is 1. The lowest BCUT2D eigenvalue weighted by Gasteiger charge is -2.30. The third-order valence-corrected chi connectivity index (χ3v) is 6.56. The lowest BCUT2D eigenvalue weighted by Crippen LogP contribution is -2.33. The fourth-order valence-corrected chi connectivity index (χ4v) is 4.81. The van der Waals surface area contributed by atoms with E-state index in [4.69, 9.17) is 11.6 Å². The van der Waals surface area contributed by atoms with E-state index in [1.807, 2.05) is 36.4 Å². The SMILES string of the molecule is CC(C)N1/C(=C/C=C2C(=O)N(C)N(C)C2=O)C(C)(C)c2c(-c3ccccn3)ccc(Cl)c21. The van der Waals surface area contributed by atoms with Crippen LogP contribution in [0.15, 0.2) is 60.0 Å². The van der Waals surface area contributed by atoms with E-state index in [1.54, 1.807) is 26.4 Å². The van der Waals surface area contributed by atoms with Gasteiger partial charge in [-0.25, -0.2) is 0 Å². The smallest absolute Gasteiger partial charge is 0.277 e. The summed E-state index contributed by atoms with van der Waals surface area (Å²) in [6, 6.07) is 9.88. The molecule has 1 fully saturated rings. The molecule has 7 heteroatoms. The number of hydrazine groups is 1. The molecular formula is C25H27ClN4O2. The molecule has 1 aromatic carbocycles. The molecule has 2 amide bonds. The van der Waals surface area contributed by atoms with Gasteiger partial charge in [-0.2, -0.15) is 0 Å². The van der Waals surface area contributed by atoms with Crippen LogP contribution < -0.4 is 4.90 Å². The molecule has 32 heavy (non-hydrogen) atoms. The van der Waals surface area contributed by atoms with Crippen molar-refractivity contribution < 1.29 is 9.59 Å². The maximum Gasteiger partial charge on any atom is 0.277 e. The van der Waals surface area contributed by atoms with Crippen molar-refractivity contribution >= 4 is 29.1 Å². The number of hydrogen-bond acceptors (Lipinski definition) is 4. The first kappa shape index (κ1) is 22.1. The fourth-order valence-electron chi connectivity index (χ4n) is 4.56. The van der Waals surface area contributed by atoms with Crippen LogP contribution in [0, 0.1) is 0 Å². The summed E-state index contributed by atoms with van der Waals surface area (Å²) in [4.78, 5) is 31.8. The Morgan fingerprint density at radius 1 is 1.00 bits per heavy atom. The number of halogens is 1. The number of aromatic nitrogens is 1. The van der Waals surface area contributed by atoms with Gasteiger partial charge in [0.1, 0.15) is 5.57 Å². The maximum atomic E-state index is 12.5. The average molecular weight is 451 g/mol. The number of benzene rings is 1. The normalized spacial score (nSPS) is 18.9. The van der Waals surface area contributed by atoms with Crippen molar-refractivity contribution in [3.63, 3.8) is 0 Å². The summed E-state index contributed by atoms with van der Waals surface area (Å²) in [7, 11) is 3.17. The van der Waals surface area contributed by atoms with Gasteiger partial charge in [0, 0.05) is 43.0 Å². The van der Waals surface area contributed by atoms with Crippen molar-refractivity contribution in [2.45, 2.75) is 39.2 Å². The highest BCUT2D eigenvalue weighted by Crippen LogP contribution is 2.54. The highest BCUT2D eigenvalue weighted by Gasteiger charge is 2.44. The summed E-state index contributed by atoms with van der Waals surface area (Å²) in [5, 5.41) is 3.29. The van der Waals surface area contributed by atoms with E-state index in [-0.39, 0.29) is 23.4 Å². The van der Waals surface area contributed by atoms with E-state index < -0.39 is 5.41 Å². The average Bonchev–Trinajstić information content (AvgIpc) is 3.11. The topological polar surface area (TPSA) is 56.8 Å². The minimum Gasteiger partial charge on any atom is -0.340 e. The minimum atomic E-state index is -0.434. The Morgan fingerprint density at radius 3 is 2.22 bits per heavy atom. The van der Waals surface area contributed by atoms with Gasteiger partial charge in [-0.1, -0.05) is 37.6 Å². The molecule has 0 radical (unpaired) electrons. The van der Waals surface area contributed by atoms with Crippen LogP contribution in [-0.2, 0) is 15.0 Å². The summed E-state index contributed by atoms with van der Waals surface area (Å²) in [6.45, 7) is 8.47. The Balaban J connectivity index is 1.93. The first-order valence-corrected chi connectivity index (χ1v) is 11.0. The summed E-state index contributed by atoms with van der Waals surface area (Å²) in [6.07, 6.45) is 5.30. The zero-order valence-corrected chi connectivity index (χ0v) is 19.9. The van der Waals surface area contributed by atoms with Crippen molar-refractivity contribution in [3.8, 4) is 11.3 Å². The molecule has 2 aromatic rings. The Kier molecular flexibility index (Phi) is 5.37. The van der Waals surface area contributed by atoms with Crippen LogP contribution in [0.25, 0.3) is 11.3 Å². The van der Waals surface area contributed by atoms with E-state index in [0.29, 0.717) is 5.02 Å². The number of nitrogens with zero attached hydrogens (tertiary/aromatic N) is 4. The number of likely N-dealkylation sites (N-methyl/N-ethyl adjacent to an activating group) is 2. The van der Waals surface area contributed by atoms with Crippen molar-refractivity contribution in [3.05, 3.63) is 70.5 Å². The molecule has 4 rings (SSSR count). The van der Waals surface area contributed by atoms with Crippen LogP contribution in [-0.4, -0.2) is 47.0 Å². The van der Waals surface area contributed by atoms with Crippen molar-refractivity contribution in [1.29, 1.82) is 0 Å². The van der Waals surface area contributed by atoms with Crippen LogP contribution >= 0.6 is 11.6 Å². The molecule has 166 valence electrons. The first-order chi connectivity index (χ1) is 15.1. The molecule has 0 unspecified atom stereocenters. The number of hydrogen-bond donors (Lipinski definition) is 0. The molecule has 0 N–H and O–H groups in total. The summed E-state index contributed by atoms with van der Waals surface area (Å²) in [5.41, 5.74) is 4.60. The number of rotatable bonds is 3. The predicted molar refractivity (Wildman–Crippen MR) is 127 cm³/mol. The lowest BCUT2D eigenvalue weighted by molar-refractivity contribution is -0.141. The van der Waals surface area contributed by atoms with Gasteiger partial charge >= 0.3 is 0 Å². The van der Waals surface area contributed by atoms with Gasteiger partial charge in [-0.05, 0) is 49.8 Å². The number of carbonyl (C=O) groups is 2. The molecule has 0 bridgehead atoms. The van der Waals surface area contributed by atoms with Gasteiger partial charge in [-0.3, -0.25) is 24.6 Å². The molecular weight excluding hydrogens is 424 g/mol. The Labute approximate surface area is 193 Å². The highest BCUT2D eigenvalue weighted by molar-refractivity contribution is 6.34. The summed E-state index contributed by atoms with van der Waals surface area (Å²) >= 11 is 6.75. The van der Waals surface area contributed by atoms with Crippen LogP contribution in [0.3, 0.4) is 0 Å². The molecule has 1 aromatic heterocycles. The number of carbonyl (C=O) groups excluding carboxylic acids is 2. The van der Waals surface area contributed by atoms with Gasteiger partial charge in [0.05, 0.1) is 16.4 Å². The molecule has 6 nitrogen and oxygen atoms in total. The van der Waals surface area contributed by atoms with Crippen molar-refractivity contribution in [1.82, 2.24) is 15.0 Å². The quantitative estimate of drug-likeness (QED) is 0.508. The van der Waals surface area contributed by atoms with Gasteiger partial charge < -0.3 is 4.90 Å². The van der Waals surface area contributed by atoms with E-state index in [9.17, 15) is 9.59 Å². The second kappa shape index (κ2) is 7.78. The van der Waals surface area contributed by atoms with Crippen LogP contribution in [0.5, 0.6) is 0 Å². The molecule has 0 spiro atoms. The second-order valence-corrected chi connectivity index (χ2v) is 9.32. The zero-order valence-electron chi connectivity index (χ0n) is 19.2. The van der Waals surface area contributed by atoms with E-state index >= 15 is 0 Å². The van der Waals surface area contributed by atoms with Crippen LogP contribution in [0.4, 0.5) is 5.69 Å². The van der Waals surface area contributed by atoms with Crippen molar-refractivity contribution in [2.75, 3.05) is 19.0 Å². The minimum absolute atomic E-state index is 0.108. The third kappa shape index (κ3) is 3.21. The molecule has 2 aliphatic rings. The Bertz CT molecular complexity index is 1150. The van der Waals surface area contributed by atoms with E-state index in [1.165, 1.54) is 10.0 Å². The number of amides is 2. The molecule has 2 aliphatic heterocycles. The largest absolute Gasteiger partial charge is 0.340 e. The number of allylic oxidation sites excluding steroid dienone is 3. The summed E-state index contributed by atoms with van der Waals surface area (Å²) < 4.78 is 0. The fraction of sp³-hybridized carbons (Fsp3) is 0.320. The lowest BCUT2D eigenvalue weighted by atomic mass is 9.80. The third-order valence-electron chi connectivity index (χ3n) is 6.26. The van der Waals surface area contributed by atoms with Crippen molar-refractivity contribution in [2.24, 2.45) is 0 Å². The standard InChI is InChI=1S/C25H27ClN4O2/c1-15(2)30-20(13-11-17-23(31)28(5)29(6)24(17)32)25(3,4)21-16(10-12-18(26)22(21)30)19-9-7-8-14-27-19/h7-15H,1-6H3/b20-13+.